The van der Waals surface area contributed by atoms with E-state index < -0.39 is 10.8 Å². The van der Waals surface area contributed by atoms with Crippen LogP contribution in [0.5, 0.6) is 0 Å². The predicted octanol–water partition coefficient (Wildman–Crippen LogP) is 2.37. The Morgan fingerprint density at radius 3 is 2.72 bits per heavy atom. The van der Waals surface area contributed by atoms with E-state index in [1.54, 1.807) is 7.05 Å². The Hall–Kier alpha value is -1.69. The Balaban J connectivity index is 3.11. The minimum atomic E-state index is -0.639. The van der Waals surface area contributed by atoms with Gasteiger partial charge in [-0.25, -0.2) is 4.98 Å². The minimum absolute atomic E-state index is 0.0387. The van der Waals surface area contributed by atoms with Crippen molar-refractivity contribution in [1.29, 1.82) is 0 Å². The Morgan fingerprint density at radius 1 is 1.61 bits per heavy atom. The average Bonchev–Trinajstić information content (AvgIpc) is 2.26. The largest absolute Gasteiger partial charge is 0.341 e. The summed E-state index contributed by atoms with van der Waals surface area (Å²) < 4.78 is 0. The molecule has 7 heteroatoms. The molecule has 0 aromatic carbocycles. The van der Waals surface area contributed by atoms with E-state index >= 15 is 0 Å². The third-order valence-electron chi connectivity index (χ3n) is 2.26. The summed E-state index contributed by atoms with van der Waals surface area (Å²) in [5.74, 6) is -0.157. The highest BCUT2D eigenvalue weighted by atomic mass is 35.5. The maximum Gasteiger partial charge on any atom is 0.300 e. The molecular weight excluding hydrogens is 258 g/mol. The first-order valence-corrected chi connectivity index (χ1v) is 5.76. The van der Waals surface area contributed by atoms with Crippen molar-refractivity contribution in [2.45, 2.75) is 13.8 Å². The number of hydrogen-bond donors (Lipinski definition) is 0. The van der Waals surface area contributed by atoms with Crippen LogP contribution in [0.25, 0.3) is 0 Å². The van der Waals surface area contributed by atoms with Gasteiger partial charge < -0.3 is 4.90 Å². The van der Waals surface area contributed by atoms with Crippen molar-refractivity contribution in [3.05, 3.63) is 33.1 Å². The molecule has 0 saturated carbocycles. The average molecular weight is 272 g/mol. The van der Waals surface area contributed by atoms with E-state index in [1.165, 1.54) is 11.0 Å². The normalized spacial score (nSPS) is 10.5. The van der Waals surface area contributed by atoms with E-state index in [1.807, 2.05) is 13.8 Å². The monoisotopic (exact) mass is 271 g/mol. The van der Waals surface area contributed by atoms with Gasteiger partial charge in [0.05, 0.1) is 4.92 Å². The van der Waals surface area contributed by atoms with Crippen LogP contribution in [0.1, 0.15) is 24.2 Å². The molecule has 1 aromatic heterocycles. The second-order valence-electron chi connectivity index (χ2n) is 4.36. The summed E-state index contributed by atoms with van der Waals surface area (Å²) in [6.07, 6.45) is 0.999. The molecule has 0 radical (unpaired) electrons. The Morgan fingerprint density at radius 2 is 2.22 bits per heavy atom. The van der Waals surface area contributed by atoms with Gasteiger partial charge in [0, 0.05) is 13.6 Å². The number of carbonyl (C=O) groups excluding carboxylic acids is 1. The fourth-order valence-electron chi connectivity index (χ4n) is 1.58. The molecule has 98 valence electrons. The van der Waals surface area contributed by atoms with Gasteiger partial charge in [0.15, 0.2) is 0 Å². The van der Waals surface area contributed by atoms with Crippen molar-refractivity contribution in [2.24, 2.45) is 5.92 Å². The van der Waals surface area contributed by atoms with Crippen LogP contribution in [-0.4, -0.2) is 34.3 Å². The first kappa shape index (κ1) is 14.4. The number of nitrogens with zero attached hydrogens (tertiary/aromatic N) is 3. The number of rotatable bonds is 4. The highest BCUT2D eigenvalue weighted by Crippen LogP contribution is 2.21. The third kappa shape index (κ3) is 3.40. The number of aromatic nitrogens is 1. The molecule has 0 N–H and O–H groups in total. The Bertz CT molecular complexity index is 477. The molecule has 1 heterocycles. The lowest BCUT2D eigenvalue weighted by molar-refractivity contribution is -0.385. The summed E-state index contributed by atoms with van der Waals surface area (Å²) in [6, 6.07) is 1.22. The molecule has 6 nitrogen and oxygen atoms in total. The number of nitro groups is 1. The van der Waals surface area contributed by atoms with Crippen LogP contribution in [0.3, 0.4) is 0 Å². The van der Waals surface area contributed by atoms with Crippen LogP contribution in [0, 0.1) is 16.0 Å². The number of halogens is 1. The number of pyridine rings is 1. The van der Waals surface area contributed by atoms with Gasteiger partial charge in [0.1, 0.15) is 16.9 Å². The van der Waals surface area contributed by atoms with Crippen molar-refractivity contribution in [3.8, 4) is 0 Å². The zero-order valence-electron chi connectivity index (χ0n) is 10.4. The van der Waals surface area contributed by atoms with Crippen molar-refractivity contribution in [2.75, 3.05) is 13.6 Å². The topological polar surface area (TPSA) is 76.3 Å². The molecule has 1 aromatic rings. The zero-order chi connectivity index (χ0) is 13.9. The summed E-state index contributed by atoms with van der Waals surface area (Å²) in [6.45, 7) is 4.42. The van der Waals surface area contributed by atoms with Gasteiger partial charge in [-0.15, -0.1) is 0 Å². The Labute approximate surface area is 110 Å². The van der Waals surface area contributed by atoms with Crippen LogP contribution < -0.4 is 0 Å². The molecule has 0 spiro atoms. The zero-order valence-corrected chi connectivity index (χ0v) is 11.1. The number of amides is 1. The molecule has 1 rings (SSSR count). The van der Waals surface area contributed by atoms with Crippen molar-refractivity contribution < 1.29 is 9.72 Å². The predicted molar refractivity (Wildman–Crippen MR) is 67.7 cm³/mol. The fourth-order valence-corrected chi connectivity index (χ4v) is 1.73. The first-order valence-electron chi connectivity index (χ1n) is 5.38. The molecule has 0 aliphatic heterocycles. The summed E-state index contributed by atoms with van der Waals surface area (Å²) >= 11 is 5.67. The molecule has 1 amide bonds. The summed E-state index contributed by atoms with van der Waals surface area (Å²) in [4.78, 5) is 27.3. The first-order chi connectivity index (χ1) is 8.32. The minimum Gasteiger partial charge on any atom is -0.341 e. The van der Waals surface area contributed by atoms with Gasteiger partial charge >= 0.3 is 0 Å². The molecule has 0 aliphatic rings. The lowest BCUT2D eigenvalue weighted by Crippen LogP contribution is -2.30. The second kappa shape index (κ2) is 5.77. The van der Waals surface area contributed by atoms with Gasteiger partial charge in [-0.3, -0.25) is 14.9 Å². The van der Waals surface area contributed by atoms with Gasteiger partial charge in [0.25, 0.3) is 11.6 Å². The van der Waals surface area contributed by atoms with Gasteiger partial charge in [-0.05, 0) is 12.0 Å². The van der Waals surface area contributed by atoms with E-state index in [2.05, 4.69) is 4.98 Å². The van der Waals surface area contributed by atoms with Crippen LogP contribution >= 0.6 is 11.6 Å². The summed E-state index contributed by atoms with van der Waals surface area (Å²) in [5.41, 5.74) is -0.372. The molecule has 0 unspecified atom stereocenters. The molecule has 0 bridgehead atoms. The van der Waals surface area contributed by atoms with Gasteiger partial charge in [0.2, 0.25) is 0 Å². The molecular formula is C11H14ClN3O3. The van der Waals surface area contributed by atoms with Crippen LogP contribution in [0.4, 0.5) is 5.69 Å². The molecule has 0 aliphatic carbocycles. The second-order valence-corrected chi connectivity index (χ2v) is 4.75. The molecule has 0 atom stereocenters. The smallest absolute Gasteiger partial charge is 0.300 e. The van der Waals surface area contributed by atoms with Crippen LogP contribution in [0.15, 0.2) is 12.3 Å². The molecule has 0 saturated heterocycles. The van der Waals surface area contributed by atoms with Crippen molar-refractivity contribution in [3.63, 3.8) is 0 Å². The molecule has 0 fully saturated rings. The quantitative estimate of drug-likeness (QED) is 0.478. The fraction of sp³-hybridized carbons (Fsp3) is 0.455. The van der Waals surface area contributed by atoms with E-state index in [-0.39, 0.29) is 22.3 Å². The van der Waals surface area contributed by atoms with Crippen LogP contribution in [-0.2, 0) is 0 Å². The Kier molecular flexibility index (Phi) is 4.61. The number of carbonyl (C=O) groups is 1. The standard InChI is InChI=1S/C11H14ClN3O3/c1-7(2)6-14(3)11(16)8-4-10(12)13-5-9(8)15(17)18/h4-5,7H,6H2,1-3H3. The van der Waals surface area contributed by atoms with Crippen LogP contribution in [0.2, 0.25) is 5.15 Å². The summed E-state index contributed by atoms with van der Waals surface area (Å²) in [7, 11) is 1.60. The van der Waals surface area contributed by atoms with E-state index in [9.17, 15) is 14.9 Å². The maximum atomic E-state index is 12.1. The van der Waals surface area contributed by atoms with Crippen molar-refractivity contribution in [1.82, 2.24) is 9.88 Å². The van der Waals surface area contributed by atoms with E-state index in [0.29, 0.717) is 6.54 Å². The lowest BCUT2D eigenvalue weighted by Gasteiger charge is -2.19. The van der Waals surface area contributed by atoms with Gasteiger partial charge in [-0.1, -0.05) is 25.4 Å². The summed E-state index contributed by atoms with van der Waals surface area (Å²) in [5, 5.41) is 10.9. The number of hydrogen-bond acceptors (Lipinski definition) is 4. The van der Waals surface area contributed by atoms with Gasteiger partial charge in [-0.2, -0.15) is 0 Å². The highest BCUT2D eigenvalue weighted by Gasteiger charge is 2.24. The lowest BCUT2D eigenvalue weighted by atomic mass is 10.1. The van der Waals surface area contributed by atoms with E-state index in [0.717, 1.165) is 6.20 Å². The maximum absolute atomic E-state index is 12.1. The van der Waals surface area contributed by atoms with E-state index in [4.69, 9.17) is 11.6 Å². The molecule has 18 heavy (non-hydrogen) atoms. The van der Waals surface area contributed by atoms with Crippen molar-refractivity contribution >= 4 is 23.2 Å². The third-order valence-corrected chi connectivity index (χ3v) is 2.47. The SMILES string of the molecule is CC(C)CN(C)C(=O)c1cc(Cl)ncc1[N+](=O)[O-]. The highest BCUT2D eigenvalue weighted by molar-refractivity contribution is 6.29.